The minimum Gasteiger partial charge on any atom is -0.454 e. The van der Waals surface area contributed by atoms with Crippen molar-refractivity contribution in [2.45, 2.75) is 0 Å². The van der Waals surface area contributed by atoms with E-state index in [1.165, 1.54) is 0 Å². The molecule has 1 aliphatic rings. The lowest BCUT2D eigenvalue weighted by molar-refractivity contribution is 0.175. The summed E-state index contributed by atoms with van der Waals surface area (Å²) in [5.41, 5.74) is 0.856. The van der Waals surface area contributed by atoms with Gasteiger partial charge < -0.3 is 14.0 Å². The molecule has 4 heteroatoms. The molecule has 2 aromatic carbocycles. The maximum atomic E-state index is 12.3. The molecule has 0 amide bonds. The van der Waals surface area contributed by atoms with Gasteiger partial charge in [0.05, 0.1) is 10.9 Å². The minimum atomic E-state index is 0.00182. The van der Waals surface area contributed by atoms with Gasteiger partial charge in [-0.25, -0.2) is 0 Å². The Morgan fingerprint density at radius 2 is 1.84 bits per heavy atom. The Balaban J connectivity index is 2.37. The summed E-state index contributed by atoms with van der Waals surface area (Å²) in [6, 6.07) is 11.3. The Kier molecular flexibility index (Phi) is 1.93. The molecule has 2 heterocycles. The van der Waals surface area contributed by atoms with Crippen molar-refractivity contribution in [3.63, 3.8) is 0 Å². The first kappa shape index (κ1) is 10.4. The third-order valence-corrected chi connectivity index (χ3v) is 3.61. The van der Waals surface area contributed by atoms with Crippen molar-refractivity contribution in [2.75, 3.05) is 6.79 Å². The lowest BCUT2D eigenvalue weighted by Crippen LogP contribution is -2.17. The van der Waals surface area contributed by atoms with Gasteiger partial charge in [0, 0.05) is 17.8 Å². The highest BCUT2D eigenvalue weighted by Gasteiger charge is 2.20. The fourth-order valence-corrected chi connectivity index (χ4v) is 2.68. The molecule has 3 aromatic rings. The van der Waals surface area contributed by atoms with Crippen LogP contribution in [0.4, 0.5) is 0 Å². The largest absolute Gasteiger partial charge is 0.454 e. The van der Waals surface area contributed by atoms with E-state index in [1.807, 2.05) is 36.4 Å². The van der Waals surface area contributed by atoms with E-state index in [0.29, 0.717) is 5.39 Å². The first-order valence-corrected chi connectivity index (χ1v) is 6.07. The van der Waals surface area contributed by atoms with Crippen molar-refractivity contribution < 1.29 is 9.47 Å². The zero-order chi connectivity index (χ0) is 13.0. The normalized spacial score (nSPS) is 13.3. The zero-order valence-electron chi connectivity index (χ0n) is 10.3. The Morgan fingerprint density at radius 1 is 1.05 bits per heavy atom. The second kappa shape index (κ2) is 3.51. The molecule has 4 nitrogen and oxygen atoms in total. The SMILES string of the molecule is Cn1c(=O)c2ccccc2c2c3c(ccc21)OCO3. The summed E-state index contributed by atoms with van der Waals surface area (Å²) in [7, 11) is 1.78. The van der Waals surface area contributed by atoms with Crippen LogP contribution >= 0.6 is 0 Å². The molecule has 0 radical (unpaired) electrons. The van der Waals surface area contributed by atoms with Crippen LogP contribution in [0.1, 0.15) is 0 Å². The highest BCUT2D eigenvalue weighted by molar-refractivity contribution is 6.09. The Hall–Kier alpha value is -2.49. The molecule has 0 atom stereocenters. The number of nitrogens with zero attached hydrogens (tertiary/aromatic N) is 1. The third-order valence-electron chi connectivity index (χ3n) is 3.61. The van der Waals surface area contributed by atoms with E-state index in [1.54, 1.807) is 11.6 Å². The van der Waals surface area contributed by atoms with Crippen molar-refractivity contribution in [1.29, 1.82) is 0 Å². The van der Waals surface area contributed by atoms with E-state index in [0.717, 1.165) is 27.8 Å². The van der Waals surface area contributed by atoms with Gasteiger partial charge >= 0.3 is 0 Å². The van der Waals surface area contributed by atoms with E-state index < -0.39 is 0 Å². The summed E-state index contributed by atoms with van der Waals surface area (Å²) < 4.78 is 12.6. The zero-order valence-corrected chi connectivity index (χ0v) is 10.3. The van der Waals surface area contributed by atoms with Crippen molar-refractivity contribution in [3.8, 4) is 11.5 Å². The molecule has 0 saturated carbocycles. The standard InChI is InChI=1S/C15H11NO3/c1-16-11-6-7-12-14(19-8-18-12)13(11)9-4-2-3-5-10(9)15(16)17/h2-7H,8H2,1H3. The van der Waals surface area contributed by atoms with Crippen molar-refractivity contribution in [3.05, 3.63) is 46.8 Å². The average Bonchev–Trinajstić information content (AvgIpc) is 2.92. The maximum Gasteiger partial charge on any atom is 0.258 e. The number of pyridine rings is 1. The molecule has 94 valence electrons. The molecule has 1 aliphatic heterocycles. The highest BCUT2D eigenvalue weighted by Crippen LogP contribution is 2.41. The number of aromatic nitrogens is 1. The van der Waals surface area contributed by atoms with Gasteiger partial charge in [0.1, 0.15) is 0 Å². The monoisotopic (exact) mass is 253 g/mol. The van der Waals surface area contributed by atoms with Crippen LogP contribution in [0.25, 0.3) is 21.7 Å². The van der Waals surface area contributed by atoms with Crippen LogP contribution < -0.4 is 15.0 Å². The van der Waals surface area contributed by atoms with Gasteiger partial charge in [0.25, 0.3) is 5.56 Å². The average molecular weight is 253 g/mol. The summed E-state index contributed by atoms with van der Waals surface area (Å²) in [6.45, 7) is 0.228. The molecule has 0 fully saturated rings. The van der Waals surface area contributed by atoms with Gasteiger partial charge in [-0.15, -0.1) is 0 Å². The van der Waals surface area contributed by atoms with Crippen molar-refractivity contribution in [2.24, 2.45) is 7.05 Å². The number of benzene rings is 2. The Labute approximate surface area is 108 Å². The minimum absolute atomic E-state index is 0.00182. The topological polar surface area (TPSA) is 40.5 Å². The van der Waals surface area contributed by atoms with Gasteiger partial charge in [-0.05, 0) is 18.2 Å². The number of hydrogen-bond donors (Lipinski definition) is 0. The van der Waals surface area contributed by atoms with Gasteiger partial charge in [-0.1, -0.05) is 18.2 Å². The smallest absolute Gasteiger partial charge is 0.258 e. The predicted molar refractivity (Wildman–Crippen MR) is 72.8 cm³/mol. The Bertz CT molecular complexity index is 880. The second-order valence-corrected chi connectivity index (χ2v) is 4.60. The molecule has 0 bridgehead atoms. The van der Waals surface area contributed by atoms with Crippen LogP contribution in [0.15, 0.2) is 41.2 Å². The van der Waals surface area contributed by atoms with Crippen LogP contribution in [0.5, 0.6) is 11.5 Å². The molecule has 0 aliphatic carbocycles. The number of fused-ring (bicyclic) bond motifs is 5. The Morgan fingerprint density at radius 3 is 2.68 bits per heavy atom. The predicted octanol–water partition coefficient (Wildman–Crippen LogP) is 2.42. The summed E-state index contributed by atoms with van der Waals surface area (Å²) >= 11 is 0. The molecule has 19 heavy (non-hydrogen) atoms. The first-order chi connectivity index (χ1) is 9.27. The lowest BCUT2D eigenvalue weighted by atomic mass is 10.0. The fraction of sp³-hybridized carbons (Fsp3) is 0.133. The fourth-order valence-electron chi connectivity index (χ4n) is 2.68. The van der Waals surface area contributed by atoms with Crippen LogP contribution in [-0.2, 0) is 7.05 Å². The molecule has 0 saturated heterocycles. The first-order valence-electron chi connectivity index (χ1n) is 6.07. The van der Waals surface area contributed by atoms with E-state index in [4.69, 9.17) is 9.47 Å². The summed E-state index contributed by atoms with van der Waals surface area (Å²) in [4.78, 5) is 12.3. The van der Waals surface area contributed by atoms with E-state index in [-0.39, 0.29) is 12.4 Å². The quantitative estimate of drug-likeness (QED) is 0.578. The molecule has 1 aromatic heterocycles. The van der Waals surface area contributed by atoms with Gasteiger partial charge in [0.2, 0.25) is 6.79 Å². The molecule has 0 unspecified atom stereocenters. The summed E-state index contributed by atoms with van der Waals surface area (Å²) in [6.07, 6.45) is 0. The van der Waals surface area contributed by atoms with Crippen LogP contribution in [0.2, 0.25) is 0 Å². The molecular formula is C15H11NO3. The number of ether oxygens (including phenoxy) is 2. The molecule has 4 rings (SSSR count). The van der Waals surface area contributed by atoms with Gasteiger partial charge in [-0.3, -0.25) is 4.79 Å². The van der Waals surface area contributed by atoms with E-state index >= 15 is 0 Å². The molecule has 0 N–H and O–H groups in total. The summed E-state index contributed by atoms with van der Waals surface area (Å²) in [5.74, 6) is 1.46. The van der Waals surface area contributed by atoms with Gasteiger partial charge in [0.15, 0.2) is 11.5 Å². The van der Waals surface area contributed by atoms with Crippen LogP contribution in [-0.4, -0.2) is 11.4 Å². The number of rotatable bonds is 0. The van der Waals surface area contributed by atoms with Gasteiger partial charge in [-0.2, -0.15) is 0 Å². The van der Waals surface area contributed by atoms with Crippen LogP contribution in [0, 0.1) is 0 Å². The lowest BCUT2D eigenvalue weighted by Gasteiger charge is -2.10. The second-order valence-electron chi connectivity index (χ2n) is 4.60. The third kappa shape index (κ3) is 1.25. The van der Waals surface area contributed by atoms with Crippen molar-refractivity contribution >= 4 is 21.7 Å². The molecular weight excluding hydrogens is 242 g/mol. The van der Waals surface area contributed by atoms with E-state index in [2.05, 4.69) is 0 Å². The maximum absolute atomic E-state index is 12.3. The number of aryl methyl sites for hydroxylation is 1. The summed E-state index contributed by atoms with van der Waals surface area (Å²) in [5, 5.41) is 2.54. The van der Waals surface area contributed by atoms with E-state index in [9.17, 15) is 4.79 Å². The molecule has 0 spiro atoms. The highest BCUT2D eigenvalue weighted by atomic mass is 16.7. The van der Waals surface area contributed by atoms with Crippen LogP contribution in [0.3, 0.4) is 0 Å². The van der Waals surface area contributed by atoms with Crippen molar-refractivity contribution in [1.82, 2.24) is 4.57 Å². The number of hydrogen-bond acceptors (Lipinski definition) is 3.